The molecule has 0 aliphatic carbocycles. The van der Waals surface area contributed by atoms with Crippen molar-refractivity contribution in [2.45, 2.75) is 18.9 Å². The minimum atomic E-state index is -0.800. The standard InChI is InChI=1S/C14H17N3O2/c1-14(19)5-8-17(10-14)13(18)12-4-7-16-9-11(12)3-2-6-15/h4,7,9,19H,5-6,8,10,15H2,1H3. The molecule has 19 heavy (non-hydrogen) atoms. The average Bonchev–Trinajstić information content (AvgIpc) is 2.76. The van der Waals surface area contributed by atoms with Crippen molar-refractivity contribution in [3.8, 4) is 11.8 Å². The number of aromatic nitrogens is 1. The summed E-state index contributed by atoms with van der Waals surface area (Å²) in [5.74, 6) is 5.45. The lowest BCUT2D eigenvalue weighted by molar-refractivity contribution is 0.0572. The van der Waals surface area contributed by atoms with Crippen molar-refractivity contribution in [1.29, 1.82) is 0 Å². The molecule has 0 bridgehead atoms. The number of hydrogen-bond donors (Lipinski definition) is 2. The number of carbonyl (C=O) groups is 1. The number of rotatable bonds is 1. The van der Waals surface area contributed by atoms with Crippen molar-refractivity contribution in [2.24, 2.45) is 5.73 Å². The molecule has 0 aromatic carbocycles. The van der Waals surface area contributed by atoms with Crippen LogP contribution in [-0.4, -0.2) is 46.1 Å². The molecule has 1 aromatic rings. The number of hydrogen-bond acceptors (Lipinski definition) is 4. The van der Waals surface area contributed by atoms with Crippen molar-refractivity contribution in [3.05, 3.63) is 29.6 Å². The Bertz CT molecular complexity index is 543. The van der Waals surface area contributed by atoms with Gasteiger partial charge in [0.2, 0.25) is 0 Å². The summed E-state index contributed by atoms with van der Waals surface area (Å²) in [4.78, 5) is 18.0. The number of amides is 1. The van der Waals surface area contributed by atoms with Gasteiger partial charge in [-0.2, -0.15) is 0 Å². The smallest absolute Gasteiger partial charge is 0.255 e. The fraction of sp³-hybridized carbons (Fsp3) is 0.429. The zero-order valence-electron chi connectivity index (χ0n) is 10.9. The maximum atomic E-state index is 12.4. The first-order valence-electron chi connectivity index (χ1n) is 6.18. The Morgan fingerprint density at radius 2 is 2.47 bits per heavy atom. The normalized spacial score (nSPS) is 21.9. The highest BCUT2D eigenvalue weighted by molar-refractivity contribution is 5.96. The Morgan fingerprint density at radius 1 is 1.68 bits per heavy atom. The van der Waals surface area contributed by atoms with Gasteiger partial charge in [0, 0.05) is 25.5 Å². The molecule has 1 aliphatic heterocycles. The van der Waals surface area contributed by atoms with Crippen molar-refractivity contribution >= 4 is 5.91 Å². The highest BCUT2D eigenvalue weighted by atomic mass is 16.3. The molecule has 0 saturated carbocycles. The summed E-state index contributed by atoms with van der Waals surface area (Å²) in [6, 6.07) is 1.65. The highest BCUT2D eigenvalue weighted by Crippen LogP contribution is 2.22. The number of nitrogens with zero attached hydrogens (tertiary/aromatic N) is 2. The molecule has 1 aliphatic rings. The van der Waals surface area contributed by atoms with Gasteiger partial charge in [-0.3, -0.25) is 9.78 Å². The molecule has 5 nitrogen and oxygen atoms in total. The van der Waals surface area contributed by atoms with Gasteiger partial charge in [-0.05, 0) is 19.4 Å². The fourth-order valence-corrected chi connectivity index (χ4v) is 2.12. The summed E-state index contributed by atoms with van der Waals surface area (Å²) in [6.45, 7) is 2.87. The van der Waals surface area contributed by atoms with Gasteiger partial charge in [-0.15, -0.1) is 0 Å². The molecule has 0 spiro atoms. The maximum Gasteiger partial charge on any atom is 0.255 e. The molecule has 100 valence electrons. The Morgan fingerprint density at radius 3 is 3.11 bits per heavy atom. The summed E-state index contributed by atoms with van der Waals surface area (Å²) < 4.78 is 0. The molecular weight excluding hydrogens is 242 g/mol. The number of likely N-dealkylation sites (tertiary alicyclic amines) is 1. The quantitative estimate of drug-likeness (QED) is 0.695. The van der Waals surface area contributed by atoms with Crippen LogP contribution < -0.4 is 5.73 Å². The van der Waals surface area contributed by atoms with Gasteiger partial charge in [-0.25, -0.2) is 0 Å². The lowest BCUT2D eigenvalue weighted by atomic mass is 10.1. The van der Waals surface area contributed by atoms with E-state index in [2.05, 4.69) is 16.8 Å². The van der Waals surface area contributed by atoms with Crippen molar-refractivity contribution in [2.75, 3.05) is 19.6 Å². The van der Waals surface area contributed by atoms with Crippen LogP contribution in [0.3, 0.4) is 0 Å². The second-order valence-electron chi connectivity index (χ2n) is 4.90. The predicted molar refractivity (Wildman–Crippen MR) is 71.3 cm³/mol. The van der Waals surface area contributed by atoms with Crippen LogP contribution in [0.15, 0.2) is 18.5 Å². The van der Waals surface area contributed by atoms with Gasteiger partial charge in [-0.1, -0.05) is 11.8 Å². The third-order valence-electron chi connectivity index (χ3n) is 3.12. The van der Waals surface area contributed by atoms with Crippen LogP contribution in [0.25, 0.3) is 0 Å². The van der Waals surface area contributed by atoms with Crippen LogP contribution in [-0.2, 0) is 0 Å². The molecule has 1 amide bonds. The van der Waals surface area contributed by atoms with Gasteiger partial charge >= 0.3 is 0 Å². The van der Waals surface area contributed by atoms with Gasteiger partial charge in [0.25, 0.3) is 5.91 Å². The summed E-state index contributed by atoms with van der Waals surface area (Å²) in [5, 5.41) is 9.92. The van der Waals surface area contributed by atoms with E-state index in [9.17, 15) is 9.90 Å². The van der Waals surface area contributed by atoms with Crippen LogP contribution in [0.5, 0.6) is 0 Å². The van der Waals surface area contributed by atoms with E-state index in [0.29, 0.717) is 30.6 Å². The molecular formula is C14H17N3O2. The first-order chi connectivity index (χ1) is 9.03. The average molecular weight is 259 g/mol. The maximum absolute atomic E-state index is 12.4. The van der Waals surface area contributed by atoms with E-state index in [0.717, 1.165) is 0 Å². The second-order valence-corrected chi connectivity index (χ2v) is 4.90. The molecule has 3 N–H and O–H groups in total. The van der Waals surface area contributed by atoms with Crippen LogP contribution in [0, 0.1) is 11.8 Å². The largest absolute Gasteiger partial charge is 0.388 e. The third-order valence-corrected chi connectivity index (χ3v) is 3.12. The van der Waals surface area contributed by atoms with Gasteiger partial charge in [0.1, 0.15) is 0 Å². The molecule has 1 unspecified atom stereocenters. The van der Waals surface area contributed by atoms with Crippen LogP contribution in [0.4, 0.5) is 0 Å². The van der Waals surface area contributed by atoms with Crippen molar-refractivity contribution < 1.29 is 9.90 Å². The second kappa shape index (κ2) is 5.39. The molecule has 2 rings (SSSR count). The zero-order valence-corrected chi connectivity index (χ0v) is 10.9. The summed E-state index contributed by atoms with van der Waals surface area (Å²) >= 11 is 0. The van der Waals surface area contributed by atoms with Crippen LogP contribution in [0.1, 0.15) is 29.3 Å². The topological polar surface area (TPSA) is 79.5 Å². The van der Waals surface area contributed by atoms with E-state index in [1.807, 2.05) is 0 Å². The molecule has 1 saturated heterocycles. The van der Waals surface area contributed by atoms with E-state index < -0.39 is 5.60 Å². The number of pyridine rings is 1. The fourth-order valence-electron chi connectivity index (χ4n) is 2.12. The lowest BCUT2D eigenvalue weighted by Gasteiger charge is -2.19. The molecule has 0 radical (unpaired) electrons. The monoisotopic (exact) mass is 259 g/mol. The zero-order chi connectivity index (χ0) is 13.9. The van der Waals surface area contributed by atoms with E-state index in [-0.39, 0.29) is 12.5 Å². The molecule has 1 atom stereocenters. The van der Waals surface area contributed by atoms with Gasteiger partial charge < -0.3 is 15.7 Å². The SMILES string of the molecule is CC1(O)CCN(C(=O)c2ccncc2C#CCN)C1. The Labute approximate surface area is 112 Å². The van der Waals surface area contributed by atoms with E-state index in [1.165, 1.54) is 0 Å². The van der Waals surface area contributed by atoms with Crippen LogP contribution in [0.2, 0.25) is 0 Å². The predicted octanol–water partition coefficient (Wildman–Crippen LogP) is -0.0113. The summed E-state index contributed by atoms with van der Waals surface area (Å²) in [7, 11) is 0. The van der Waals surface area contributed by atoms with Gasteiger partial charge in [0.05, 0.1) is 23.3 Å². The molecule has 5 heteroatoms. The molecule has 1 aromatic heterocycles. The Kier molecular flexibility index (Phi) is 3.84. The number of carbonyl (C=O) groups excluding carboxylic acids is 1. The van der Waals surface area contributed by atoms with Crippen molar-refractivity contribution in [1.82, 2.24) is 9.88 Å². The van der Waals surface area contributed by atoms with E-state index in [1.54, 1.807) is 30.3 Å². The van der Waals surface area contributed by atoms with Gasteiger partial charge in [0.15, 0.2) is 0 Å². The minimum absolute atomic E-state index is 0.124. The summed E-state index contributed by atoms with van der Waals surface area (Å²) in [6.07, 6.45) is 3.72. The number of β-amino-alcohol motifs (C(OH)–C–C–N with tert-alkyl or cyclic N) is 1. The first kappa shape index (κ1) is 13.5. The molecule has 2 heterocycles. The minimum Gasteiger partial charge on any atom is -0.388 e. The number of aliphatic hydroxyl groups is 1. The Balaban J connectivity index is 2.25. The van der Waals surface area contributed by atoms with E-state index in [4.69, 9.17) is 5.73 Å². The van der Waals surface area contributed by atoms with Crippen LogP contribution >= 0.6 is 0 Å². The molecule has 1 fully saturated rings. The lowest BCUT2D eigenvalue weighted by Crippen LogP contribution is -2.34. The highest BCUT2D eigenvalue weighted by Gasteiger charge is 2.34. The number of nitrogens with two attached hydrogens (primary N) is 1. The van der Waals surface area contributed by atoms with E-state index >= 15 is 0 Å². The third kappa shape index (κ3) is 3.11. The Hall–Kier alpha value is -1.90. The van der Waals surface area contributed by atoms with Crippen molar-refractivity contribution in [3.63, 3.8) is 0 Å². The summed E-state index contributed by atoms with van der Waals surface area (Å²) in [5.41, 5.74) is 5.62. The first-order valence-corrected chi connectivity index (χ1v) is 6.18.